The van der Waals surface area contributed by atoms with E-state index in [1.165, 1.54) is 5.56 Å². The Balaban J connectivity index is 2.08. The molecule has 0 radical (unpaired) electrons. The third-order valence-corrected chi connectivity index (χ3v) is 4.42. The zero-order valence-corrected chi connectivity index (χ0v) is 14.5. The molecule has 1 aromatic rings. The van der Waals surface area contributed by atoms with Crippen molar-refractivity contribution in [1.82, 2.24) is 9.80 Å². The average Bonchev–Trinajstić information content (AvgIpc) is 2.48. The van der Waals surface area contributed by atoms with Crippen molar-refractivity contribution in [3.05, 3.63) is 35.9 Å². The first-order chi connectivity index (χ1) is 10.8. The maximum atomic E-state index is 11.7. The number of piperidine rings is 1. The number of methoxy groups -OCH3 is 1. The van der Waals surface area contributed by atoms with Gasteiger partial charge in [0.15, 0.2) is 0 Å². The Kier molecular flexibility index (Phi) is 5.65. The van der Waals surface area contributed by atoms with Gasteiger partial charge >= 0.3 is 6.09 Å². The Bertz CT molecular complexity index is 513. The van der Waals surface area contributed by atoms with Crippen LogP contribution in [0.2, 0.25) is 0 Å². The maximum Gasteiger partial charge on any atom is 0.408 e. The van der Waals surface area contributed by atoms with Crippen molar-refractivity contribution in [2.24, 2.45) is 0 Å². The lowest BCUT2D eigenvalue weighted by Gasteiger charge is -2.47. The molecule has 128 valence electrons. The van der Waals surface area contributed by atoms with Gasteiger partial charge in [-0.15, -0.1) is 0 Å². The molecule has 0 aliphatic carbocycles. The molecular weight excluding hydrogens is 292 g/mol. The van der Waals surface area contributed by atoms with E-state index in [2.05, 4.69) is 17.0 Å². The molecule has 0 spiro atoms. The molecule has 0 saturated carbocycles. The van der Waals surface area contributed by atoms with E-state index < -0.39 is 11.6 Å². The Morgan fingerprint density at radius 3 is 2.52 bits per heavy atom. The van der Waals surface area contributed by atoms with Gasteiger partial charge in [-0.05, 0) is 32.8 Å². The summed E-state index contributed by atoms with van der Waals surface area (Å²) in [6.45, 7) is 8.30. The highest BCUT2D eigenvalue weighted by Crippen LogP contribution is 2.27. The summed E-state index contributed by atoms with van der Waals surface area (Å²) in [5.74, 6) is 0. The molecule has 0 bridgehead atoms. The Hall–Kier alpha value is -1.59. The zero-order valence-electron chi connectivity index (χ0n) is 14.5. The third kappa shape index (κ3) is 4.45. The van der Waals surface area contributed by atoms with E-state index in [0.717, 1.165) is 26.1 Å². The van der Waals surface area contributed by atoms with Crippen LogP contribution in [-0.4, -0.2) is 58.9 Å². The van der Waals surface area contributed by atoms with Gasteiger partial charge in [0.25, 0.3) is 0 Å². The highest BCUT2D eigenvalue weighted by Gasteiger charge is 2.40. The molecule has 1 aromatic carbocycles. The fraction of sp³-hybridized carbons (Fsp3) is 0.611. The van der Waals surface area contributed by atoms with Gasteiger partial charge in [-0.25, -0.2) is 4.79 Å². The first kappa shape index (κ1) is 17.8. The number of hydrogen-bond donors (Lipinski definition) is 1. The minimum atomic E-state index is -0.874. The summed E-state index contributed by atoms with van der Waals surface area (Å²) in [4.78, 5) is 15.6. The van der Waals surface area contributed by atoms with Gasteiger partial charge in [-0.3, -0.25) is 9.80 Å². The molecule has 2 rings (SSSR count). The van der Waals surface area contributed by atoms with Gasteiger partial charge in [0, 0.05) is 32.3 Å². The molecule has 1 heterocycles. The maximum absolute atomic E-state index is 11.7. The molecule has 1 aliphatic rings. The molecule has 0 aromatic heterocycles. The Labute approximate surface area is 138 Å². The highest BCUT2D eigenvalue weighted by molar-refractivity contribution is 5.66. The number of likely N-dealkylation sites (tertiary alicyclic amines) is 1. The van der Waals surface area contributed by atoms with Crippen molar-refractivity contribution in [1.29, 1.82) is 0 Å². The molecule has 1 fully saturated rings. The van der Waals surface area contributed by atoms with Gasteiger partial charge in [0.05, 0.1) is 12.1 Å². The van der Waals surface area contributed by atoms with E-state index >= 15 is 0 Å². The molecule has 0 unspecified atom stereocenters. The van der Waals surface area contributed by atoms with Crippen molar-refractivity contribution in [2.75, 3.05) is 20.2 Å². The topological polar surface area (TPSA) is 53.0 Å². The predicted octanol–water partition coefficient (Wildman–Crippen LogP) is 3.05. The van der Waals surface area contributed by atoms with Crippen molar-refractivity contribution in [3.63, 3.8) is 0 Å². The van der Waals surface area contributed by atoms with Gasteiger partial charge in [0.1, 0.15) is 0 Å². The Morgan fingerprint density at radius 2 is 2.00 bits per heavy atom. The van der Waals surface area contributed by atoms with E-state index in [1.807, 2.05) is 39.0 Å². The van der Waals surface area contributed by atoms with E-state index in [0.29, 0.717) is 0 Å². The second kappa shape index (κ2) is 7.32. The van der Waals surface area contributed by atoms with Crippen LogP contribution in [0.15, 0.2) is 30.3 Å². The molecule has 5 nitrogen and oxygen atoms in total. The first-order valence-electron chi connectivity index (χ1n) is 8.14. The van der Waals surface area contributed by atoms with Crippen molar-refractivity contribution < 1.29 is 14.6 Å². The lowest BCUT2D eigenvalue weighted by molar-refractivity contribution is -0.0556. The summed E-state index contributed by atoms with van der Waals surface area (Å²) in [7, 11) is 1.67. The number of amides is 1. The average molecular weight is 320 g/mol. The van der Waals surface area contributed by atoms with Crippen molar-refractivity contribution in [3.8, 4) is 0 Å². The van der Waals surface area contributed by atoms with Gasteiger partial charge < -0.3 is 9.84 Å². The van der Waals surface area contributed by atoms with Crippen LogP contribution in [0.5, 0.6) is 0 Å². The summed E-state index contributed by atoms with van der Waals surface area (Å²) in [5, 5.41) is 9.63. The minimum absolute atomic E-state index is 0.107. The summed E-state index contributed by atoms with van der Waals surface area (Å²) >= 11 is 0. The number of hydrogen-bond acceptors (Lipinski definition) is 3. The summed E-state index contributed by atoms with van der Waals surface area (Å²) in [6.07, 6.45) is -0.196. The number of carboxylic acid groups (broad SMARTS) is 1. The Morgan fingerprint density at radius 1 is 1.35 bits per heavy atom. The molecule has 2 atom stereocenters. The second-order valence-electron chi connectivity index (χ2n) is 7.17. The van der Waals surface area contributed by atoms with Crippen molar-refractivity contribution >= 4 is 6.09 Å². The van der Waals surface area contributed by atoms with Gasteiger partial charge in [-0.2, -0.15) is 0 Å². The van der Waals surface area contributed by atoms with Crippen LogP contribution in [-0.2, 0) is 11.3 Å². The molecule has 1 aliphatic heterocycles. The van der Waals surface area contributed by atoms with Crippen LogP contribution in [0.25, 0.3) is 0 Å². The van der Waals surface area contributed by atoms with Crippen LogP contribution in [0, 0.1) is 0 Å². The quantitative estimate of drug-likeness (QED) is 0.926. The molecule has 1 saturated heterocycles. The number of ether oxygens (including phenoxy) is 1. The monoisotopic (exact) mass is 320 g/mol. The lowest BCUT2D eigenvalue weighted by Crippen LogP contribution is -2.61. The van der Waals surface area contributed by atoms with Crippen LogP contribution in [0.3, 0.4) is 0 Å². The fourth-order valence-electron chi connectivity index (χ4n) is 3.41. The number of carbonyl (C=O) groups is 1. The SMILES string of the molecule is CO[C@H]1CN(Cc2ccccc2)CC[C@H]1N(C(=O)O)C(C)(C)C. The lowest BCUT2D eigenvalue weighted by atomic mass is 9.94. The standard InChI is InChI=1S/C18H28N2O3/c1-18(2,3)20(17(21)22)15-10-11-19(13-16(15)23-4)12-14-8-6-5-7-9-14/h5-9,15-16H,10-13H2,1-4H3,(H,21,22)/t15-,16+/m1/s1. The molecule has 1 amide bonds. The predicted molar refractivity (Wildman–Crippen MR) is 90.5 cm³/mol. The van der Waals surface area contributed by atoms with Gasteiger partial charge in [0.2, 0.25) is 0 Å². The van der Waals surface area contributed by atoms with Crippen LogP contribution in [0.1, 0.15) is 32.8 Å². The van der Waals surface area contributed by atoms with Crippen molar-refractivity contribution in [2.45, 2.75) is 51.4 Å². The molecule has 5 heteroatoms. The van der Waals surface area contributed by atoms with Crippen LogP contribution >= 0.6 is 0 Å². The normalized spacial score (nSPS) is 22.8. The summed E-state index contributed by atoms with van der Waals surface area (Å²) < 4.78 is 5.65. The highest BCUT2D eigenvalue weighted by atomic mass is 16.5. The molecule has 23 heavy (non-hydrogen) atoms. The number of benzene rings is 1. The molecular formula is C18H28N2O3. The van der Waals surface area contributed by atoms with Gasteiger partial charge in [-0.1, -0.05) is 30.3 Å². The smallest absolute Gasteiger partial charge is 0.408 e. The van der Waals surface area contributed by atoms with Crippen LogP contribution in [0.4, 0.5) is 4.79 Å². The molecule has 1 N–H and O–H groups in total. The zero-order chi connectivity index (χ0) is 17.0. The second-order valence-corrected chi connectivity index (χ2v) is 7.17. The van der Waals surface area contributed by atoms with E-state index in [9.17, 15) is 9.90 Å². The largest absolute Gasteiger partial charge is 0.465 e. The van der Waals surface area contributed by atoms with Crippen LogP contribution < -0.4 is 0 Å². The van der Waals surface area contributed by atoms with E-state index in [1.54, 1.807) is 12.0 Å². The third-order valence-electron chi connectivity index (χ3n) is 4.42. The fourth-order valence-corrected chi connectivity index (χ4v) is 3.41. The van der Waals surface area contributed by atoms with E-state index in [4.69, 9.17) is 4.74 Å². The number of nitrogens with zero attached hydrogens (tertiary/aromatic N) is 2. The summed E-state index contributed by atoms with van der Waals surface area (Å²) in [6, 6.07) is 10.2. The minimum Gasteiger partial charge on any atom is -0.465 e. The first-order valence-corrected chi connectivity index (χ1v) is 8.14. The van der Waals surface area contributed by atoms with E-state index in [-0.39, 0.29) is 12.1 Å². The number of rotatable bonds is 4. The summed E-state index contributed by atoms with van der Waals surface area (Å²) in [5.41, 5.74) is 0.834.